The summed E-state index contributed by atoms with van der Waals surface area (Å²) in [5.41, 5.74) is 0. The lowest BCUT2D eigenvalue weighted by molar-refractivity contribution is 0.0558. The molecule has 0 aliphatic rings. The molecule has 6 heteroatoms. The molecule has 0 aliphatic carbocycles. The zero-order valence-corrected chi connectivity index (χ0v) is 12.4. The molecule has 106 valence electrons. The molecule has 20 heavy (non-hydrogen) atoms. The maximum absolute atomic E-state index is 13.4. The summed E-state index contributed by atoms with van der Waals surface area (Å²) < 4.78 is 29.2. The molecule has 1 aromatic heterocycles. The number of methoxy groups -OCH3 is 1. The zero-order chi connectivity index (χ0) is 14.7. The van der Waals surface area contributed by atoms with Crippen LogP contribution in [-0.2, 0) is 4.74 Å². The van der Waals surface area contributed by atoms with Gasteiger partial charge in [0.15, 0.2) is 6.10 Å². The van der Waals surface area contributed by atoms with Crippen LogP contribution in [-0.4, -0.2) is 13.1 Å². The molecule has 4 nitrogen and oxygen atoms in total. The maximum atomic E-state index is 13.4. The monoisotopic (exact) mass is 342 g/mol. The van der Waals surface area contributed by atoms with Crippen molar-refractivity contribution in [1.82, 2.24) is 0 Å². The normalized spacial score (nSPS) is 12.0. The van der Waals surface area contributed by atoms with E-state index in [2.05, 4.69) is 20.7 Å². The van der Waals surface area contributed by atoms with E-state index >= 15 is 0 Å². The predicted molar refractivity (Wildman–Crippen MR) is 73.2 cm³/mol. The van der Waals surface area contributed by atoms with Gasteiger partial charge in [0.1, 0.15) is 17.3 Å². The number of esters is 1. The molecule has 0 saturated heterocycles. The number of furan rings is 1. The molecule has 0 saturated carbocycles. The first-order chi connectivity index (χ1) is 9.51. The lowest BCUT2D eigenvalue weighted by Crippen LogP contribution is -2.03. The highest BCUT2D eigenvalue weighted by Crippen LogP contribution is 2.26. The van der Waals surface area contributed by atoms with Crippen LogP contribution in [0.1, 0.15) is 29.3 Å². The van der Waals surface area contributed by atoms with Gasteiger partial charge in [-0.15, -0.1) is 0 Å². The minimum Gasteiger partial charge on any atom is -0.483 e. The molecule has 0 amide bonds. The molecule has 0 aliphatic heterocycles. The third-order valence-corrected chi connectivity index (χ3v) is 3.26. The van der Waals surface area contributed by atoms with Gasteiger partial charge in [-0.25, -0.2) is 9.18 Å². The molecule has 1 heterocycles. The van der Waals surface area contributed by atoms with Crippen molar-refractivity contribution in [2.24, 2.45) is 0 Å². The van der Waals surface area contributed by atoms with E-state index < -0.39 is 17.9 Å². The van der Waals surface area contributed by atoms with E-state index in [1.807, 2.05) is 0 Å². The third-order valence-electron chi connectivity index (χ3n) is 2.62. The molecule has 0 fully saturated rings. The summed E-state index contributed by atoms with van der Waals surface area (Å²) in [7, 11) is 1.27. The van der Waals surface area contributed by atoms with E-state index in [1.165, 1.54) is 19.2 Å². The fourth-order valence-electron chi connectivity index (χ4n) is 1.59. The van der Waals surface area contributed by atoms with Crippen LogP contribution in [0.2, 0.25) is 0 Å². The largest absolute Gasteiger partial charge is 0.483 e. The summed E-state index contributed by atoms with van der Waals surface area (Å²) in [4.78, 5) is 11.3. The molecule has 2 rings (SSSR count). The topological polar surface area (TPSA) is 48.7 Å². The van der Waals surface area contributed by atoms with Crippen molar-refractivity contribution in [3.63, 3.8) is 0 Å². The van der Waals surface area contributed by atoms with Crippen LogP contribution in [0.5, 0.6) is 5.75 Å². The van der Waals surface area contributed by atoms with Gasteiger partial charge in [-0.3, -0.25) is 0 Å². The first kappa shape index (κ1) is 14.6. The highest BCUT2D eigenvalue weighted by molar-refractivity contribution is 9.10. The standard InChI is InChI=1S/C14H12BrFO4/c1-8(12-5-6-13(20-12)14(17)18-2)19-9-3-4-10(15)11(16)7-9/h3-8H,1-2H3. The lowest BCUT2D eigenvalue weighted by Gasteiger charge is -2.12. The molecular formula is C14H12BrFO4. The fraction of sp³-hybridized carbons (Fsp3) is 0.214. The lowest BCUT2D eigenvalue weighted by atomic mass is 10.3. The minimum atomic E-state index is -0.557. The summed E-state index contributed by atoms with van der Waals surface area (Å²) in [5.74, 6) is -0.0505. The maximum Gasteiger partial charge on any atom is 0.373 e. The molecule has 1 atom stereocenters. The summed E-state index contributed by atoms with van der Waals surface area (Å²) in [5, 5.41) is 0. The Labute approximate surface area is 123 Å². The quantitative estimate of drug-likeness (QED) is 0.784. The number of carbonyl (C=O) groups excluding carboxylic acids is 1. The summed E-state index contributed by atoms with van der Waals surface area (Å²) in [6.45, 7) is 1.74. The Hall–Kier alpha value is -1.82. The Morgan fingerprint density at radius 2 is 2.10 bits per heavy atom. The zero-order valence-electron chi connectivity index (χ0n) is 10.9. The third kappa shape index (κ3) is 3.19. The van der Waals surface area contributed by atoms with Gasteiger partial charge in [-0.05, 0) is 47.1 Å². The molecule has 2 aromatic rings. The van der Waals surface area contributed by atoms with Crippen molar-refractivity contribution in [2.45, 2.75) is 13.0 Å². The highest BCUT2D eigenvalue weighted by Gasteiger charge is 2.16. The fourth-order valence-corrected chi connectivity index (χ4v) is 1.84. The first-order valence-corrected chi connectivity index (χ1v) is 6.60. The van der Waals surface area contributed by atoms with E-state index in [0.717, 1.165) is 0 Å². The number of hydrogen-bond donors (Lipinski definition) is 0. The van der Waals surface area contributed by atoms with Gasteiger partial charge in [-0.1, -0.05) is 0 Å². The summed E-state index contributed by atoms with van der Waals surface area (Å²) in [6.07, 6.45) is -0.464. The molecule has 1 aromatic carbocycles. The van der Waals surface area contributed by atoms with Crippen LogP contribution in [0.15, 0.2) is 39.2 Å². The molecule has 0 bridgehead atoms. The Bertz CT molecular complexity index is 623. The predicted octanol–water partition coefficient (Wildman–Crippen LogP) is 4.11. The van der Waals surface area contributed by atoms with E-state index in [1.54, 1.807) is 25.1 Å². The van der Waals surface area contributed by atoms with E-state index in [0.29, 0.717) is 16.0 Å². The average Bonchev–Trinajstić information content (AvgIpc) is 2.92. The van der Waals surface area contributed by atoms with Crippen molar-refractivity contribution in [2.75, 3.05) is 7.11 Å². The van der Waals surface area contributed by atoms with Crippen LogP contribution in [0.25, 0.3) is 0 Å². The van der Waals surface area contributed by atoms with Crippen molar-refractivity contribution in [3.8, 4) is 5.75 Å². The van der Waals surface area contributed by atoms with Crippen LogP contribution >= 0.6 is 15.9 Å². The Morgan fingerprint density at radius 1 is 1.35 bits per heavy atom. The number of halogens is 2. The molecule has 0 N–H and O–H groups in total. The molecule has 0 spiro atoms. The number of benzene rings is 1. The van der Waals surface area contributed by atoms with Crippen molar-refractivity contribution in [1.29, 1.82) is 0 Å². The van der Waals surface area contributed by atoms with Gasteiger partial charge in [-0.2, -0.15) is 0 Å². The Balaban J connectivity index is 2.11. The van der Waals surface area contributed by atoms with Gasteiger partial charge >= 0.3 is 5.97 Å². The number of hydrogen-bond acceptors (Lipinski definition) is 4. The van der Waals surface area contributed by atoms with Gasteiger partial charge in [0.25, 0.3) is 0 Å². The second-order valence-electron chi connectivity index (χ2n) is 4.03. The van der Waals surface area contributed by atoms with Gasteiger partial charge in [0.05, 0.1) is 11.6 Å². The van der Waals surface area contributed by atoms with E-state index in [4.69, 9.17) is 9.15 Å². The highest BCUT2D eigenvalue weighted by atomic mass is 79.9. The van der Waals surface area contributed by atoms with Crippen LogP contribution in [0, 0.1) is 5.82 Å². The Kier molecular flexibility index (Phi) is 4.44. The minimum absolute atomic E-state index is 0.0972. The van der Waals surface area contributed by atoms with Gasteiger partial charge in [0, 0.05) is 6.07 Å². The average molecular weight is 343 g/mol. The number of rotatable bonds is 4. The second-order valence-corrected chi connectivity index (χ2v) is 4.88. The van der Waals surface area contributed by atoms with Gasteiger partial charge < -0.3 is 13.9 Å². The first-order valence-electron chi connectivity index (χ1n) is 5.81. The summed E-state index contributed by atoms with van der Waals surface area (Å²) in [6, 6.07) is 7.58. The SMILES string of the molecule is COC(=O)c1ccc(C(C)Oc2ccc(Br)c(F)c2)o1. The molecule has 0 radical (unpaired) electrons. The van der Waals surface area contributed by atoms with Crippen LogP contribution < -0.4 is 4.74 Å². The van der Waals surface area contributed by atoms with Gasteiger partial charge in [0.2, 0.25) is 5.76 Å². The summed E-state index contributed by atoms with van der Waals surface area (Å²) >= 11 is 3.07. The van der Waals surface area contributed by atoms with Crippen molar-refractivity contribution < 1.29 is 23.1 Å². The molecule has 1 unspecified atom stereocenters. The van der Waals surface area contributed by atoms with Crippen molar-refractivity contribution >= 4 is 21.9 Å². The van der Waals surface area contributed by atoms with E-state index in [9.17, 15) is 9.18 Å². The van der Waals surface area contributed by atoms with Crippen LogP contribution in [0.4, 0.5) is 4.39 Å². The smallest absolute Gasteiger partial charge is 0.373 e. The Morgan fingerprint density at radius 3 is 2.75 bits per heavy atom. The number of ether oxygens (including phenoxy) is 2. The second kappa shape index (κ2) is 6.09. The van der Waals surface area contributed by atoms with E-state index in [-0.39, 0.29) is 5.76 Å². The molecular weight excluding hydrogens is 331 g/mol. The number of carbonyl (C=O) groups is 1. The van der Waals surface area contributed by atoms with Crippen molar-refractivity contribution in [3.05, 3.63) is 52.1 Å². The van der Waals surface area contributed by atoms with Crippen LogP contribution in [0.3, 0.4) is 0 Å².